The monoisotopic (exact) mass is 360 g/mol. The minimum absolute atomic E-state index is 0.00839. The normalized spacial score (nSPS) is 10.9. The van der Waals surface area contributed by atoms with E-state index < -0.39 is 22.8 Å². The Hall–Kier alpha value is -3.80. The van der Waals surface area contributed by atoms with Crippen molar-refractivity contribution in [3.8, 4) is 16.8 Å². The van der Waals surface area contributed by atoms with Crippen molar-refractivity contribution in [2.24, 2.45) is 0 Å². The second-order valence-electron chi connectivity index (χ2n) is 5.97. The van der Waals surface area contributed by atoms with Gasteiger partial charge < -0.3 is 9.67 Å². The number of aromatic carboxylic acids is 1. The Morgan fingerprint density at radius 3 is 2.41 bits per heavy atom. The molecule has 0 spiro atoms. The molecule has 0 aliphatic carbocycles. The van der Waals surface area contributed by atoms with E-state index >= 15 is 0 Å². The van der Waals surface area contributed by atoms with E-state index in [2.05, 4.69) is 4.98 Å². The van der Waals surface area contributed by atoms with Gasteiger partial charge in [0.25, 0.3) is 0 Å². The number of rotatable bonds is 3. The number of halogens is 1. The number of carboxylic acid groups (broad SMARTS) is 1. The van der Waals surface area contributed by atoms with Gasteiger partial charge >= 0.3 is 5.97 Å². The largest absolute Gasteiger partial charge is 0.477 e. The average Bonchev–Trinajstić information content (AvgIpc) is 2.69. The maximum absolute atomic E-state index is 14.7. The number of pyridine rings is 2. The molecular weight excluding hydrogens is 347 g/mol. The summed E-state index contributed by atoms with van der Waals surface area (Å²) in [5.41, 5.74) is 0.866. The van der Waals surface area contributed by atoms with E-state index in [1.807, 2.05) is 6.07 Å². The predicted octanol–water partition coefficient (Wildman–Crippen LogP) is 3.89. The zero-order valence-corrected chi connectivity index (χ0v) is 14.0. The molecule has 0 aliphatic rings. The molecule has 0 unspecified atom stereocenters. The number of hydrogen-bond acceptors (Lipinski definition) is 3. The molecule has 2 aromatic heterocycles. The third-order valence-corrected chi connectivity index (χ3v) is 4.35. The number of hydrogen-bond donors (Lipinski definition) is 1. The van der Waals surface area contributed by atoms with Crippen LogP contribution in [0.25, 0.3) is 27.7 Å². The van der Waals surface area contributed by atoms with Crippen molar-refractivity contribution >= 4 is 16.9 Å². The van der Waals surface area contributed by atoms with E-state index in [9.17, 15) is 19.1 Å². The van der Waals surface area contributed by atoms with Gasteiger partial charge in [-0.15, -0.1) is 0 Å². The van der Waals surface area contributed by atoms with Crippen molar-refractivity contribution in [1.82, 2.24) is 9.55 Å². The van der Waals surface area contributed by atoms with E-state index in [0.717, 1.165) is 6.07 Å². The summed E-state index contributed by atoms with van der Waals surface area (Å²) < 4.78 is 16.3. The molecule has 6 heteroatoms. The van der Waals surface area contributed by atoms with Crippen LogP contribution in [0.3, 0.4) is 0 Å². The van der Waals surface area contributed by atoms with Crippen LogP contribution in [0, 0.1) is 5.82 Å². The van der Waals surface area contributed by atoms with Gasteiger partial charge in [0.2, 0.25) is 5.43 Å². The highest BCUT2D eigenvalue weighted by Crippen LogP contribution is 2.28. The van der Waals surface area contributed by atoms with Crippen LogP contribution >= 0.6 is 0 Å². The molecule has 4 aromatic rings. The molecule has 0 radical (unpaired) electrons. The minimum Gasteiger partial charge on any atom is -0.477 e. The number of carbonyl (C=O) groups is 1. The molecular formula is C21H13FN2O3. The molecule has 0 bridgehead atoms. The summed E-state index contributed by atoms with van der Waals surface area (Å²) in [4.78, 5) is 28.0. The van der Waals surface area contributed by atoms with Crippen molar-refractivity contribution in [2.75, 3.05) is 0 Å². The van der Waals surface area contributed by atoms with Gasteiger partial charge in [0, 0.05) is 35.2 Å². The number of carboxylic acids is 1. The van der Waals surface area contributed by atoms with Gasteiger partial charge in [0.1, 0.15) is 11.4 Å². The molecule has 0 amide bonds. The highest BCUT2D eigenvalue weighted by Gasteiger charge is 2.18. The quantitative estimate of drug-likeness (QED) is 0.602. The lowest BCUT2D eigenvalue weighted by molar-refractivity contribution is 0.0695. The number of aromatic nitrogens is 2. The molecule has 0 fully saturated rings. The van der Waals surface area contributed by atoms with E-state index in [1.165, 1.54) is 6.20 Å². The highest BCUT2D eigenvalue weighted by atomic mass is 19.1. The van der Waals surface area contributed by atoms with Crippen molar-refractivity contribution in [1.29, 1.82) is 0 Å². The summed E-state index contributed by atoms with van der Waals surface area (Å²) in [5, 5.41) is 9.39. The first-order valence-electron chi connectivity index (χ1n) is 8.14. The number of benzene rings is 2. The van der Waals surface area contributed by atoms with Gasteiger partial charge in [-0.1, -0.05) is 18.2 Å². The molecule has 4 rings (SSSR count). The molecule has 0 saturated carbocycles. The first-order chi connectivity index (χ1) is 13.1. The molecule has 27 heavy (non-hydrogen) atoms. The molecule has 0 aliphatic heterocycles. The van der Waals surface area contributed by atoms with Crippen LogP contribution in [0.1, 0.15) is 10.4 Å². The van der Waals surface area contributed by atoms with E-state index in [4.69, 9.17) is 0 Å². The summed E-state index contributed by atoms with van der Waals surface area (Å²) in [6.45, 7) is 0. The van der Waals surface area contributed by atoms with E-state index in [-0.39, 0.29) is 5.39 Å². The lowest BCUT2D eigenvalue weighted by atomic mass is 10.0. The third kappa shape index (κ3) is 2.87. The van der Waals surface area contributed by atoms with E-state index in [0.29, 0.717) is 22.3 Å². The minimum atomic E-state index is -1.36. The first kappa shape index (κ1) is 16.7. The zero-order valence-electron chi connectivity index (χ0n) is 14.0. The van der Waals surface area contributed by atoms with Crippen LogP contribution in [-0.2, 0) is 0 Å². The standard InChI is InChI=1S/C21H13FN2O3/c22-18-10-16-19(11-15(18)13-6-8-23-9-7-13)24(14-4-2-1-3-5-14)12-17(20(16)25)21(26)27/h1-12H,(H,26,27). The molecule has 1 N–H and O–H groups in total. The van der Waals surface area contributed by atoms with Crippen LogP contribution in [0.4, 0.5) is 4.39 Å². The Kier molecular flexibility index (Phi) is 4.01. The van der Waals surface area contributed by atoms with Gasteiger partial charge in [0.15, 0.2) is 0 Å². The summed E-state index contributed by atoms with van der Waals surface area (Å²) in [5.74, 6) is -1.96. The van der Waals surface area contributed by atoms with Crippen molar-refractivity contribution in [3.63, 3.8) is 0 Å². The SMILES string of the molecule is O=C(O)c1cn(-c2ccccc2)c2cc(-c3ccncc3)c(F)cc2c1=O. The Morgan fingerprint density at radius 2 is 1.74 bits per heavy atom. The second-order valence-corrected chi connectivity index (χ2v) is 5.97. The lowest BCUT2D eigenvalue weighted by Crippen LogP contribution is -2.18. The third-order valence-electron chi connectivity index (χ3n) is 4.35. The molecule has 2 aromatic carbocycles. The van der Waals surface area contributed by atoms with Gasteiger partial charge in [-0.2, -0.15) is 0 Å². The molecule has 0 atom stereocenters. The highest BCUT2D eigenvalue weighted by molar-refractivity contribution is 5.94. The van der Waals surface area contributed by atoms with Crippen LogP contribution in [0.2, 0.25) is 0 Å². The fourth-order valence-corrected chi connectivity index (χ4v) is 3.05. The Balaban J connectivity index is 2.12. The fraction of sp³-hybridized carbons (Fsp3) is 0. The van der Waals surface area contributed by atoms with Gasteiger partial charge in [0.05, 0.1) is 5.52 Å². The number of para-hydroxylation sites is 1. The Morgan fingerprint density at radius 1 is 1.04 bits per heavy atom. The second kappa shape index (κ2) is 6.49. The fourth-order valence-electron chi connectivity index (χ4n) is 3.05. The predicted molar refractivity (Wildman–Crippen MR) is 99.7 cm³/mol. The maximum Gasteiger partial charge on any atom is 0.341 e. The van der Waals surface area contributed by atoms with Crippen LogP contribution in [0.5, 0.6) is 0 Å². The van der Waals surface area contributed by atoms with Crippen LogP contribution < -0.4 is 5.43 Å². The maximum atomic E-state index is 14.7. The van der Waals surface area contributed by atoms with Crippen LogP contribution in [-0.4, -0.2) is 20.6 Å². The van der Waals surface area contributed by atoms with Gasteiger partial charge in [-0.05, 0) is 42.0 Å². The van der Waals surface area contributed by atoms with E-state index in [1.54, 1.807) is 59.4 Å². The van der Waals surface area contributed by atoms with Crippen molar-refractivity contribution in [2.45, 2.75) is 0 Å². The average molecular weight is 360 g/mol. The summed E-state index contributed by atoms with van der Waals surface area (Å²) >= 11 is 0. The molecule has 5 nitrogen and oxygen atoms in total. The summed E-state index contributed by atoms with van der Waals surface area (Å²) in [6.07, 6.45) is 4.38. The Labute approximate surface area is 153 Å². The molecule has 132 valence electrons. The topological polar surface area (TPSA) is 72.2 Å². The molecule has 0 saturated heterocycles. The summed E-state index contributed by atoms with van der Waals surface area (Å²) in [7, 11) is 0. The Bertz CT molecular complexity index is 1220. The van der Waals surface area contributed by atoms with Gasteiger partial charge in [-0.3, -0.25) is 9.78 Å². The number of nitrogens with zero attached hydrogens (tertiary/aromatic N) is 2. The zero-order chi connectivity index (χ0) is 19.0. The van der Waals surface area contributed by atoms with Crippen molar-refractivity contribution < 1.29 is 14.3 Å². The lowest BCUT2D eigenvalue weighted by Gasteiger charge is -2.14. The smallest absolute Gasteiger partial charge is 0.341 e. The first-order valence-corrected chi connectivity index (χ1v) is 8.14. The van der Waals surface area contributed by atoms with Crippen LogP contribution in [0.15, 0.2) is 78.0 Å². The molecule has 2 heterocycles. The summed E-state index contributed by atoms with van der Waals surface area (Å²) in [6, 6.07) is 15.0. The van der Waals surface area contributed by atoms with Gasteiger partial charge in [-0.25, -0.2) is 9.18 Å². The van der Waals surface area contributed by atoms with Crippen molar-refractivity contribution in [3.05, 3.63) is 94.8 Å². The number of fused-ring (bicyclic) bond motifs is 1.